The van der Waals surface area contributed by atoms with E-state index in [4.69, 9.17) is 9.47 Å². The first-order chi connectivity index (χ1) is 19.8. The van der Waals surface area contributed by atoms with Gasteiger partial charge in [0.25, 0.3) is 11.5 Å². The first-order valence-electron chi connectivity index (χ1n) is 13.1. The van der Waals surface area contributed by atoms with Crippen molar-refractivity contribution in [3.8, 4) is 5.75 Å². The Morgan fingerprint density at radius 3 is 2.34 bits per heavy atom. The summed E-state index contributed by atoms with van der Waals surface area (Å²) in [6, 6.07) is 21.9. The molecule has 4 aromatic rings. The number of rotatable bonds is 5. The molecule has 3 aromatic carbocycles. The third-order valence-corrected chi connectivity index (χ3v) is 8.50. The number of para-hydroxylation sites is 1. The van der Waals surface area contributed by atoms with E-state index >= 15 is 0 Å². The maximum absolute atomic E-state index is 14.3. The number of methoxy groups -OCH3 is 2. The smallest absolute Gasteiger partial charge is 0.338 e. The Balaban J connectivity index is 1.56. The number of aryl methyl sites for hydroxylation is 1. The summed E-state index contributed by atoms with van der Waals surface area (Å²) in [5.74, 6) is -0.177. The summed E-state index contributed by atoms with van der Waals surface area (Å²) in [5, 5.41) is 0. The first-order valence-corrected chi connectivity index (χ1v) is 13.9. The number of benzene rings is 3. The number of hydrogen-bond donors (Lipinski definition) is 0. The number of thiazole rings is 1. The standard InChI is InChI=1S/C32H27N3O5S/c1-18-9-11-20(12-10-18)17-34-24-8-6-5-7-23(24)26(29(34)36)28-30(37)35-27(21-13-15-22(39-3)16-14-21)25(31(38)40-4)19(2)33-32(35)41-28/h5-16,27H,17H2,1-4H3. The van der Waals surface area contributed by atoms with Crippen LogP contribution in [0.4, 0.5) is 5.69 Å². The minimum Gasteiger partial charge on any atom is -0.497 e. The topological polar surface area (TPSA) is 90.2 Å². The molecule has 2 aliphatic heterocycles. The third kappa shape index (κ3) is 4.38. The predicted octanol–water partition coefficient (Wildman–Crippen LogP) is 3.64. The minimum atomic E-state index is -0.783. The van der Waals surface area contributed by atoms with Gasteiger partial charge in [-0.05, 0) is 43.2 Å². The molecule has 2 aliphatic rings. The van der Waals surface area contributed by atoms with E-state index < -0.39 is 12.0 Å². The van der Waals surface area contributed by atoms with E-state index in [9.17, 15) is 14.4 Å². The van der Waals surface area contributed by atoms with E-state index in [-0.39, 0.29) is 21.6 Å². The van der Waals surface area contributed by atoms with Gasteiger partial charge in [-0.1, -0.05) is 71.5 Å². The number of anilines is 1. The second-order valence-electron chi connectivity index (χ2n) is 9.94. The molecule has 3 heterocycles. The fourth-order valence-corrected chi connectivity index (χ4v) is 6.51. The van der Waals surface area contributed by atoms with E-state index in [0.29, 0.717) is 39.5 Å². The van der Waals surface area contributed by atoms with Crippen LogP contribution in [0, 0.1) is 6.92 Å². The number of carbonyl (C=O) groups excluding carboxylic acids is 2. The number of fused-ring (bicyclic) bond motifs is 2. The summed E-state index contributed by atoms with van der Waals surface area (Å²) >= 11 is 1.16. The number of allylic oxidation sites excluding steroid dienone is 1. The number of ether oxygens (including phenoxy) is 2. The molecule has 1 amide bonds. The van der Waals surface area contributed by atoms with Crippen molar-refractivity contribution < 1.29 is 19.1 Å². The van der Waals surface area contributed by atoms with Crippen LogP contribution in [0.15, 0.2) is 93.9 Å². The van der Waals surface area contributed by atoms with Gasteiger partial charge in [-0.25, -0.2) is 9.79 Å². The monoisotopic (exact) mass is 565 g/mol. The van der Waals surface area contributed by atoms with Crippen molar-refractivity contribution in [2.45, 2.75) is 26.4 Å². The van der Waals surface area contributed by atoms with Crippen LogP contribution in [0.2, 0.25) is 0 Å². The van der Waals surface area contributed by atoms with E-state index in [1.165, 1.54) is 11.7 Å². The molecule has 0 radical (unpaired) electrons. The summed E-state index contributed by atoms with van der Waals surface area (Å²) in [5.41, 5.74) is 4.92. The lowest BCUT2D eigenvalue weighted by atomic mass is 9.96. The second-order valence-corrected chi connectivity index (χ2v) is 10.9. The highest BCUT2D eigenvalue weighted by molar-refractivity contribution is 7.07. The Bertz CT molecular complexity index is 1920. The fourth-order valence-electron chi connectivity index (χ4n) is 5.38. The van der Waals surface area contributed by atoms with Crippen LogP contribution in [-0.2, 0) is 20.9 Å². The lowest BCUT2D eigenvalue weighted by Gasteiger charge is -2.24. The van der Waals surface area contributed by atoms with Crippen LogP contribution in [0.1, 0.15) is 35.2 Å². The van der Waals surface area contributed by atoms with Crippen molar-refractivity contribution in [3.05, 3.63) is 126 Å². The molecule has 206 valence electrons. The summed E-state index contributed by atoms with van der Waals surface area (Å²) in [6.45, 7) is 4.12. The SMILES string of the molecule is COC(=O)C1=C(C)N=c2sc(=C3C(=O)N(Cc4ccc(C)cc4)c4ccccc43)c(=O)n2C1c1ccc(OC)cc1. The highest BCUT2D eigenvalue weighted by Gasteiger charge is 2.37. The van der Waals surface area contributed by atoms with Gasteiger partial charge >= 0.3 is 5.97 Å². The van der Waals surface area contributed by atoms with Crippen molar-refractivity contribution >= 4 is 34.5 Å². The molecule has 0 aliphatic carbocycles. The highest BCUT2D eigenvalue weighted by Crippen LogP contribution is 2.37. The molecule has 8 nitrogen and oxygen atoms in total. The van der Waals surface area contributed by atoms with Gasteiger partial charge in [-0.15, -0.1) is 0 Å². The van der Waals surface area contributed by atoms with E-state index in [0.717, 1.165) is 28.2 Å². The van der Waals surface area contributed by atoms with Crippen molar-refractivity contribution in [1.29, 1.82) is 0 Å². The third-order valence-electron chi connectivity index (χ3n) is 7.45. The lowest BCUT2D eigenvalue weighted by molar-refractivity contribution is -0.136. The molecule has 0 spiro atoms. The minimum absolute atomic E-state index is 0.248. The van der Waals surface area contributed by atoms with E-state index in [1.807, 2.05) is 67.6 Å². The molecule has 0 saturated heterocycles. The van der Waals surface area contributed by atoms with Gasteiger partial charge in [-0.2, -0.15) is 0 Å². The molecular formula is C32H27N3O5S. The Morgan fingerprint density at radius 2 is 1.66 bits per heavy atom. The Labute approximate surface area is 240 Å². The van der Waals surface area contributed by atoms with Gasteiger partial charge in [-0.3, -0.25) is 14.2 Å². The van der Waals surface area contributed by atoms with Crippen LogP contribution >= 0.6 is 11.3 Å². The van der Waals surface area contributed by atoms with Gasteiger partial charge in [0.15, 0.2) is 4.80 Å². The van der Waals surface area contributed by atoms with Crippen molar-refractivity contribution in [2.75, 3.05) is 19.1 Å². The second kappa shape index (κ2) is 10.3. The van der Waals surface area contributed by atoms with Gasteiger partial charge < -0.3 is 14.4 Å². The van der Waals surface area contributed by atoms with Gasteiger partial charge in [0.1, 0.15) is 10.3 Å². The molecule has 0 fully saturated rings. The zero-order valence-electron chi connectivity index (χ0n) is 23.0. The average molecular weight is 566 g/mol. The number of hydrogen-bond acceptors (Lipinski definition) is 7. The van der Waals surface area contributed by atoms with Crippen LogP contribution in [0.5, 0.6) is 5.75 Å². The zero-order chi connectivity index (χ0) is 28.8. The van der Waals surface area contributed by atoms with E-state index in [2.05, 4.69) is 4.99 Å². The molecule has 0 bridgehead atoms. The predicted molar refractivity (Wildman–Crippen MR) is 157 cm³/mol. The summed E-state index contributed by atoms with van der Waals surface area (Å²) in [4.78, 5) is 48.0. The van der Waals surface area contributed by atoms with Gasteiger partial charge in [0, 0.05) is 5.56 Å². The molecule has 1 aromatic heterocycles. The lowest BCUT2D eigenvalue weighted by Crippen LogP contribution is -2.40. The normalized spacial score (nSPS) is 17.2. The van der Waals surface area contributed by atoms with E-state index in [1.54, 1.807) is 31.1 Å². The number of amides is 1. The zero-order valence-corrected chi connectivity index (χ0v) is 23.8. The molecular weight excluding hydrogens is 538 g/mol. The van der Waals surface area contributed by atoms with Gasteiger partial charge in [0.2, 0.25) is 0 Å². The number of aromatic nitrogens is 1. The van der Waals surface area contributed by atoms with Crippen LogP contribution in [-0.4, -0.2) is 30.7 Å². The van der Waals surface area contributed by atoms with Crippen molar-refractivity contribution in [3.63, 3.8) is 0 Å². The maximum atomic E-state index is 14.3. The first kappa shape index (κ1) is 26.5. The van der Waals surface area contributed by atoms with Crippen LogP contribution < -0.4 is 24.5 Å². The van der Waals surface area contributed by atoms with Crippen molar-refractivity contribution in [2.24, 2.45) is 4.99 Å². The van der Waals surface area contributed by atoms with Crippen LogP contribution in [0.25, 0.3) is 5.57 Å². The number of esters is 1. The fraction of sp³-hybridized carbons (Fsp3) is 0.188. The quantitative estimate of drug-likeness (QED) is 0.345. The van der Waals surface area contributed by atoms with Gasteiger partial charge in [0.05, 0.1) is 49.3 Å². The Kier molecular flexibility index (Phi) is 6.67. The summed E-state index contributed by atoms with van der Waals surface area (Å²) in [6.07, 6.45) is 0. The molecule has 1 atom stereocenters. The Hall–Kier alpha value is -4.76. The number of carbonyl (C=O) groups is 2. The molecule has 1 unspecified atom stereocenters. The molecule has 0 saturated carbocycles. The molecule has 9 heteroatoms. The average Bonchev–Trinajstić information content (AvgIpc) is 3.45. The highest BCUT2D eigenvalue weighted by atomic mass is 32.1. The molecule has 41 heavy (non-hydrogen) atoms. The molecule has 0 N–H and O–H groups in total. The van der Waals surface area contributed by atoms with Crippen molar-refractivity contribution in [1.82, 2.24) is 4.57 Å². The maximum Gasteiger partial charge on any atom is 0.338 e. The van der Waals surface area contributed by atoms with Crippen LogP contribution in [0.3, 0.4) is 0 Å². The summed E-state index contributed by atoms with van der Waals surface area (Å²) < 4.78 is 12.2. The Morgan fingerprint density at radius 1 is 0.951 bits per heavy atom. The number of nitrogens with zero attached hydrogens (tertiary/aromatic N) is 3. The largest absolute Gasteiger partial charge is 0.497 e. The summed E-state index contributed by atoms with van der Waals surface area (Å²) in [7, 11) is 2.87. The molecule has 6 rings (SSSR count).